The third-order valence-electron chi connectivity index (χ3n) is 5.80. The third-order valence-corrected chi connectivity index (χ3v) is 5.80. The van der Waals surface area contributed by atoms with Gasteiger partial charge in [0.25, 0.3) is 5.91 Å². The topological polar surface area (TPSA) is 116 Å². The lowest BCUT2D eigenvalue weighted by atomic mass is 9.98. The van der Waals surface area contributed by atoms with Gasteiger partial charge in [-0.05, 0) is 34.4 Å². The highest BCUT2D eigenvalue weighted by Crippen LogP contribution is 2.44. The number of aliphatic hydroxyl groups excluding tert-OH is 1. The number of rotatable bonds is 8. The Morgan fingerprint density at radius 2 is 1.57 bits per heavy atom. The Morgan fingerprint density at radius 3 is 2.17 bits per heavy atom. The lowest BCUT2D eigenvalue weighted by Gasteiger charge is -2.21. The van der Waals surface area contributed by atoms with E-state index in [1.165, 1.54) is 12.1 Å². The lowest BCUT2D eigenvalue weighted by Crippen LogP contribution is -2.38. The maximum atomic E-state index is 14.6. The standard InChI is InChI=1S/C26H23FN2O6/c27-22-11-5-10-20(25(33)29(12-13-30)14-23(31)32)24(22)28-26(34)35-15-21-18-8-3-1-6-16(18)17-7-2-4-9-19(17)21/h1-11,21,30H,12-15H2,(H,28,34)(H,31,32). The molecule has 3 N–H and O–H groups in total. The second-order valence-electron chi connectivity index (χ2n) is 7.96. The summed E-state index contributed by atoms with van der Waals surface area (Å²) < 4.78 is 20.0. The van der Waals surface area contributed by atoms with Crippen molar-refractivity contribution in [3.8, 4) is 11.1 Å². The smallest absolute Gasteiger partial charge is 0.411 e. The molecule has 4 rings (SSSR count). The van der Waals surface area contributed by atoms with E-state index in [1.54, 1.807) is 0 Å². The summed E-state index contributed by atoms with van der Waals surface area (Å²) in [4.78, 5) is 37.4. The molecular formula is C26H23FN2O6. The van der Waals surface area contributed by atoms with E-state index in [4.69, 9.17) is 9.84 Å². The highest BCUT2D eigenvalue weighted by Gasteiger charge is 2.29. The van der Waals surface area contributed by atoms with Crippen molar-refractivity contribution in [2.75, 3.05) is 31.6 Å². The summed E-state index contributed by atoms with van der Waals surface area (Å²) in [5, 5.41) is 20.5. The van der Waals surface area contributed by atoms with Crippen LogP contribution >= 0.6 is 0 Å². The first-order valence-electron chi connectivity index (χ1n) is 10.9. The van der Waals surface area contributed by atoms with E-state index in [1.807, 2.05) is 48.5 Å². The van der Waals surface area contributed by atoms with E-state index in [9.17, 15) is 23.9 Å². The van der Waals surface area contributed by atoms with E-state index in [-0.39, 0.29) is 24.6 Å². The fraction of sp³-hybridized carbons (Fsp3) is 0.192. The molecule has 3 aromatic rings. The van der Waals surface area contributed by atoms with Crippen LogP contribution < -0.4 is 5.32 Å². The van der Waals surface area contributed by atoms with E-state index in [0.717, 1.165) is 33.2 Å². The first-order chi connectivity index (χ1) is 16.9. The molecule has 0 bridgehead atoms. The minimum Gasteiger partial charge on any atom is -0.480 e. The number of carboxylic acids is 1. The zero-order chi connectivity index (χ0) is 24.9. The second kappa shape index (κ2) is 10.4. The normalized spacial score (nSPS) is 11.9. The number of anilines is 1. The number of benzene rings is 3. The number of carboxylic acid groups (broad SMARTS) is 1. The van der Waals surface area contributed by atoms with Gasteiger partial charge in [-0.1, -0.05) is 54.6 Å². The molecule has 9 heteroatoms. The van der Waals surface area contributed by atoms with Crippen molar-refractivity contribution in [2.24, 2.45) is 0 Å². The molecule has 1 aliphatic carbocycles. The Morgan fingerprint density at radius 1 is 0.943 bits per heavy atom. The van der Waals surface area contributed by atoms with Gasteiger partial charge >= 0.3 is 12.1 Å². The summed E-state index contributed by atoms with van der Waals surface area (Å²) in [6.45, 7) is -1.46. The summed E-state index contributed by atoms with van der Waals surface area (Å²) in [6.07, 6.45) is -0.960. The van der Waals surface area contributed by atoms with Gasteiger partial charge in [0, 0.05) is 12.5 Å². The van der Waals surface area contributed by atoms with Crippen LogP contribution in [-0.2, 0) is 9.53 Å². The fourth-order valence-electron chi connectivity index (χ4n) is 4.27. The van der Waals surface area contributed by atoms with Crippen LogP contribution in [0.2, 0.25) is 0 Å². The zero-order valence-electron chi connectivity index (χ0n) is 18.6. The monoisotopic (exact) mass is 478 g/mol. The first-order valence-corrected chi connectivity index (χ1v) is 10.9. The van der Waals surface area contributed by atoms with Crippen LogP contribution in [0.1, 0.15) is 27.4 Å². The maximum Gasteiger partial charge on any atom is 0.411 e. The number of halogens is 1. The number of aliphatic hydroxyl groups is 1. The molecule has 0 aliphatic heterocycles. The average Bonchev–Trinajstić information content (AvgIpc) is 3.17. The van der Waals surface area contributed by atoms with Crippen molar-refractivity contribution < 1.29 is 33.7 Å². The number of hydrogen-bond donors (Lipinski definition) is 3. The molecule has 0 aromatic heterocycles. The molecule has 3 aromatic carbocycles. The molecular weight excluding hydrogens is 455 g/mol. The third kappa shape index (κ3) is 4.99. The Balaban J connectivity index is 1.52. The van der Waals surface area contributed by atoms with Crippen LogP contribution in [0.15, 0.2) is 66.7 Å². The quantitative estimate of drug-likeness (QED) is 0.455. The minimum absolute atomic E-state index is 0.00670. The van der Waals surface area contributed by atoms with Crippen LogP contribution in [0.3, 0.4) is 0 Å². The molecule has 180 valence electrons. The van der Waals surface area contributed by atoms with Gasteiger partial charge in [-0.15, -0.1) is 0 Å². The number of nitrogens with zero attached hydrogens (tertiary/aromatic N) is 1. The van der Waals surface area contributed by atoms with Crippen LogP contribution in [0.5, 0.6) is 0 Å². The van der Waals surface area contributed by atoms with E-state index in [0.29, 0.717) is 0 Å². The van der Waals surface area contributed by atoms with Gasteiger partial charge < -0.3 is 19.8 Å². The number of ether oxygens (including phenoxy) is 1. The number of fused-ring (bicyclic) bond motifs is 3. The van der Waals surface area contributed by atoms with Gasteiger partial charge in [0.15, 0.2) is 0 Å². The van der Waals surface area contributed by atoms with Crippen molar-refractivity contribution in [1.29, 1.82) is 0 Å². The first kappa shape index (κ1) is 23.9. The Kier molecular flexibility index (Phi) is 7.07. The van der Waals surface area contributed by atoms with Gasteiger partial charge in [-0.3, -0.25) is 14.9 Å². The van der Waals surface area contributed by atoms with Crippen LogP contribution in [0.25, 0.3) is 11.1 Å². The summed E-state index contributed by atoms with van der Waals surface area (Å²) in [5.74, 6) is -3.24. The van der Waals surface area contributed by atoms with Gasteiger partial charge in [0.1, 0.15) is 19.0 Å². The van der Waals surface area contributed by atoms with Gasteiger partial charge in [-0.2, -0.15) is 0 Å². The summed E-state index contributed by atoms with van der Waals surface area (Å²) in [5.41, 5.74) is 3.45. The number of aliphatic carboxylic acids is 1. The van der Waals surface area contributed by atoms with E-state index in [2.05, 4.69) is 5.32 Å². The van der Waals surface area contributed by atoms with Crippen molar-refractivity contribution in [3.63, 3.8) is 0 Å². The maximum absolute atomic E-state index is 14.6. The number of nitrogens with one attached hydrogen (secondary N) is 1. The molecule has 8 nitrogen and oxygen atoms in total. The average molecular weight is 478 g/mol. The van der Waals surface area contributed by atoms with Crippen LogP contribution in [-0.4, -0.2) is 59.4 Å². The van der Waals surface area contributed by atoms with Gasteiger partial charge in [-0.25, -0.2) is 9.18 Å². The van der Waals surface area contributed by atoms with Gasteiger partial charge in [0.2, 0.25) is 0 Å². The molecule has 35 heavy (non-hydrogen) atoms. The van der Waals surface area contributed by atoms with Crippen molar-refractivity contribution in [1.82, 2.24) is 4.90 Å². The van der Waals surface area contributed by atoms with E-state index >= 15 is 0 Å². The zero-order valence-corrected chi connectivity index (χ0v) is 18.6. The molecule has 0 saturated heterocycles. The summed E-state index contributed by atoms with van der Waals surface area (Å²) >= 11 is 0. The van der Waals surface area contributed by atoms with Crippen molar-refractivity contribution >= 4 is 23.7 Å². The van der Waals surface area contributed by atoms with Crippen LogP contribution in [0.4, 0.5) is 14.9 Å². The summed E-state index contributed by atoms with van der Waals surface area (Å²) in [6, 6.07) is 19.2. The molecule has 0 fully saturated rings. The number of para-hydroxylation sites is 1. The number of amides is 2. The molecule has 0 unspecified atom stereocenters. The Bertz CT molecular complexity index is 1230. The fourth-order valence-corrected chi connectivity index (χ4v) is 4.27. The second-order valence-corrected chi connectivity index (χ2v) is 7.96. The Labute approximate surface area is 200 Å². The van der Waals surface area contributed by atoms with Crippen molar-refractivity contribution in [2.45, 2.75) is 5.92 Å². The van der Waals surface area contributed by atoms with Crippen LogP contribution in [0, 0.1) is 5.82 Å². The minimum atomic E-state index is -1.30. The molecule has 0 atom stereocenters. The molecule has 0 saturated carbocycles. The number of hydrogen-bond acceptors (Lipinski definition) is 5. The molecule has 0 heterocycles. The number of carbonyl (C=O) groups is 3. The molecule has 0 spiro atoms. The lowest BCUT2D eigenvalue weighted by molar-refractivity contribution is -0.137. The predicted molar refractivity (Wildman–Crippen MR) is 126 cm³/mol. The Hall–Kier alpha value is -4.24. The SMILES string of the molecule is O=C(O)CN(CCO)C(=O)c1cccc(F)c1NC(=O)OCC1c2ccccc2-c2ccccc21. The molecule has 2 amide bonds. The predicted octanol–water partition coefficient (Wildman–Crippen LogP) is 3.71. The molecule has 1 aliphatic rings. The largest absolute Gasteiger partial charge is 0.480 e. The number of carbonyl (C=O) groups excluding carboxylic acids is 2. The van der Waals surface area contributed by atoms with Crippen molar-refractivity contribution in [3.05, 3.63) is 89.2 Å². The highest BCUT2D eigenvalue weighted by atomic mass is 19.1. The van der Waals surface area contributed by atoms with E-state index < -0.39 is 42.6 Å². The van der Waals surface area contributed by atoms with Gasteiger partial charge in [0.05, 0.1) is 17.9 Å². The summed E-state index contributed by atoms with van der Waals surface area (Å²) in [7, 11) is 0. The molecule has 0 radical (unpaired) electrons. The highest BCUT2D eigenvalue weighted by molar-refractivity contribution is 6.03.